The van der Waals surface area contributed by atoms with Crippen molar-refractivity contribution in [3.8, 4) is 0 Å². The fraction of sp³-hybridized carbons (Fsp3) is 0.647. The molecule has 0 bridgehead atoms. The van der Waals surface area contributed by atoms with E-state index in [0.29, 0.717) is 0 Å². The molecule has 1 fully saturated rings. The van der Waals surface area contributed by atoms with Crippen LogP contribution in [0.2, 0.25) is 0 Å². The third kappa shape index (κ3) is 3.44. The van der Waals surface area contributed by atoms with Crippen molar-refractivity contribution in [1.82, 2.24) is 10.2 Å². The average molecular weight is 339 g/mol. The molecule has 1 N–H and O–H groups in total. The number of hydrogen-bond donors (Lipinski definition) is 1. The van der Waals surface area contributed by atoms with Gasteiger partial charge >= 0.3 is 0 Å². The predicted octanol–water partition coefficient (Wildman–Crippen LogP) is 3.80. The van der Waals surface area contributed by atoms with Gasteiger partial charge in [0.15, 0.2) is 0 Å². The monoisotopic (exact) mass is 338 g/mol. The summed E-state index contributed by atoms with van der Waals surface area (Å²) in [5, 5.41) is 3.42. The maximum absolute atomic E-state index is 3.62. The van der Waals surface area contributed by atoms with Crippen LogP contribution in [0.25, 0.3) is 0 Å². The van der Waals surface area contributed by atoms with Gasteiger partial charge in [-0.3, -0.25) is 4.90 Å². The van der Waals surface area contributed by atoms with E-state index in [1.807, 2.05) is 0 Å². The number of hydrogen-bond acceptors (Lipinski definition) is 2. The second-order valence-electron chi connectivity index (χ2n) is 6.98. The van der Waals surface area contributed by atoms with Crippen LogP contribution in [0.1, 0.15) is 39.2 Å². The zero-order chi connectivity index (χ0) is 14.8. The molecule has 3 heteroatoms. The van der Waals surface area contributed by atoms with Crippen molar-refractivity contribution in [2.45, 2.75) is 44.6 Å². The van der Waals surface area contributed by atoms with Crippen LogP contribution in [0.5, 0.6) is 0 Å². The van der Waals surface area contributed by atoms with Crippen LogP contribution in [0, 0.1) is 0 Å². The lowest BCUT2D eigenvalue weighted by molar-refractivity contribution is 0.0742. The fourth-order valence-corrected chi connectivity index (χ4v) is 3.73. The third-order valence-electron chi connectivity index (χ3n) is 4.62. The Balaban J connectivity index is 2.21. The van der Waals surface area contributed by atoms with Crippen LogP contribution in [0.4, 0.5) is 0 Å². The lowest BCUT2D eigenvalue weighted by atomic mass is 9.72. The Hall–Kier alpha value is -0.380. The largest absolute Gasteiger partial charge is 0.319 e. The Morgan fingerprint density at radius 1 is 1.25 bits per heavy atom. The summed E-state index contributed by atoms with van der Waals surface area (Å²) in [7, 11) is 2.07. The highest BCUT2D eigenvalue weighted by molar-refractivity contribution is 9.10. The molecular weight excluding hydrogens is 312 g/mol. The summed E-state index contributed by atoms with van der Waals surface area (Å²) < 4.78 is 1.18. The Morgan fingerprint density at radius 3 is 2.40 bits per heavy atom. The minimum Gasteiger partial charge on any atom is -0.319 e. The topological polar surface area (TPSA) is 15.3 Å². The molecule has 112 valence electrons. The first-order valence-corrected chi connectivity index (χ1v) is 8.32. The van der Waals surface area contributed by atoms with Crippen LogP contribution in [0.3, 0.4) is 0 Å². The molecule has 0 radical (unpaired) electrons. The van der Waals surface area contributed by atoms with Crippen molar-refractivity contribution < 1.29 is 0 Å². The van der Waals surface area contributed by atoms with Gasteiger partial charge in [0.2, 0.25) is 0 Å². The molecule has 0 saturated carbocycles. The Kier molecular flexibility index (Phi) is 4.93. The number of likely N-dealkylation sites (N-methyl/N-ethyl adjacent to an activating group) is 1. The highest BCUT2D eigenvalue weighted by Crippen LogP contribution is 2.37. The van der Waals surface area contributed by atoms with Gasteiger partial charge < -0.3 is 5.32 Å². The van der Waals surface area contributed by atoms with E-state index in [4.69, 9.17) is 0 Å². The van der Waals surface area contributed by atoms with Crippen molar-refractivity contribution in [1.29, 1.82) is 0 Å². The molecule has 1 aromatic rings. The van der Waals surface area contributed by atoms with E-state index >= 15 is 0 Å². The minimum atomic E-state index is 0.278. The van der Waals surface area contributed by atoms with Crippen LogP contribution in [-0.2, 0) is 5.41 Å². The van der Waals surface area contributed by atoms with Gasteiger partial charge in [-0.15, -0.1) is 0 Å². The van der Waals surface area contributed by atoms with E-state index in [1.165, 1.54) is 36.0 Å². The summed E-state index contributed by atoms with van der Waals surface area (Å²) >= 11 is 3.62. The van der Waals surface area contributed by atoms with Crippen molar-refractivity contribution >= 4 is 15.9 Å². The maximum Gasteiger partial charge on any atom is 0.0178 e. The van der Waals surface area contributed by atoms with Gasteiger partial charge in [0.1, 0.15) is 0 Å². The Labute approximate surface area is 132 Å². The molecular formula is C17H27BrN2. The van der Waals surface area contributed by atoms with E-state index in [9.17, 15) is 0 Å². The zero-order valence-corrected chi connectivity index (χ0v) is 14.8. The molecule has 1 aromatic carbocycles. The quantitative estimate of drug-likeness (QED) is 0.901. The van der Waals surface area contributed by atoms with Gasteiger partial charge in [0, 0.05) is 22.0 Å². The van der Waals surface area contributed by atoms with Crippen molar-refractivity contribution in [3.63, 3.8) is 0 Å². The van der Waals surface area contributed by atoms with Gasteiger partial charge in [-0.2, -0.15) is 0 Å². The Morgan fingerprint density at radius 2 is 1.90 bits per heavy atom. The molecule has 0 spiro atoms. The number of benzene rings is 1. The summed E-state index contributed by atoms with van der Waals surface area (Å²) in [6.45, 7) is 10.4. The van der Waals surface area contributed by atoms with E-state index in [0.717, 1.165) is 6.54 Å². The summed E-state index contributed by atoms with van der Waals surface area (Å²) in [6.07, 6.45) is 2.45. The maximum atomic E-state index is 3.62. The molecule has 20 heavy (non-hydrogen) atoms. The molecule has 1 aliphatic rings. The van der Waals surface area contributed by atoms with E-state index < -0.39 is 0 Å². The summed E-state index contributed by atoms with van der Waals surface area (Å²) in [4.78, 5) is 2.61. The zero-order valence-electron chi connectivity index (χ0n) is 13.2. The molecule has 0 amide bonds. The van der Waals surface area contributed by atoms with E-state index in [2.05, 4.69) is 78.2 Å². The summed E-state index contributed by atoms with van der Waals surface area (Å²) in [5.41, 5.74) is 2.03. The number of halogens is 1. The highest BCUT2D eigenvalue weighted by atomic mass is 79.9. The van der Waals surface area contributed by atoms with Crippen LogP contribution < -0.4 is 5.32 Å². The number of likely N-dealkylation sites (tertiary alicyclic amines) is 1. The minimum absolute atomic E-state index is 0.278. The fourth-order valence-electron chi connectivity index (χ4n) is 3.33. The average Bonchev–Trinajstić information content (AvgIpc) is 2.38. The standard InChI is InChI=1S/C17H27BrN2/c1-16(2,3)20-10-8-17(9-11-20,13-19-4)14-6-5-7-15(18)12-14/h5-7,12,19H,8-11,13H2,1-4H3. The van der Waals surface area contributed by atoms with Gasteiger partial charge in [0.05, 0.1) is 0 Å². The van der Waals surface area contributed by atoms with E-state index in [-0.39, 0.29) is 11.0 Å². The predicted molar refractivity (Wildman–Crippen MR) is 90.3 cm³/mol. The first-order valence-electron chi connectivity index (χ1n) is 7.53. The molecule has 1 heterocycles. The van der Waals surface area contributed by atoms with Gasteiger partial charge in [-0.25, -0.2) is 0 Å². The molecule has 1 aliphatic heterocycles. The molecule has 0 atom stereocenters. The van der Waals surface area contributed by atoms with Crippen molar-refractivity contribution in [3.05, 3.63) is 34.3 Å². The van der Waals surface area contributed by atoms with Crippen LogP contribution in [-0.4, -0.2) is 37.1 Å². The van der Waals surface area contributed by atoms with Gasteiger partial charge in [0.25, 0.3) is 0 Å². The Bertz CT molecular complexity index is 443. The molecule has 1 saturated heterocycles. The SMILES string of the molecule is CNCC1(c2cccc(Br)c2)CCN(C(C)(C)C)CC1. The second-order valence-corrected chi connectivity index (χ2v) is 7.89. The van der Waals surface area contributed by atoms with Gasteiger partial charge in [-0.1, -0.05) is 28.1 Å². The van der Waals surface area contributed by atoms with Crippen molar-refractivity contribution in [2.24, 2.45) is 0 Å². The highest BCUT2D eigenvalue weighted by Gasteiger charge is 2.38. The van der Waals surface area contributed by atoms with E-state index in [1.54, 1.807) is 0 Å². The third-order valence-corrected chi connectivity index (χ3v) is 5.11. The van der Waals surface area contributed by atoms with Gasteiger partial charge in [-0.05, 0) is 71.4 Å². The second kappa shape index (κ2) is 6.17. The number of nitrogens with zero attached hydrogens (tertiary/aromatic N) is 1. The molecule has 2 rings (SSSR count). The molecule has 0 aromatic heterocycles. The lowest BCUT2D eigenvalue weighted by Gasteiger charge is -2.47. The lowest BCUT2D eigenvalue weighted by Crippen LogP contribution is -2.52. The summed E-state index contributed by atoms with van der Waals surface area (Å²) in [5.74, 6) is 0. The number of nitrogens with one attached hydrogen (secondary N) is 1. The number of piperidine rings is 1. The molecule has 0 unspecified atom stereocenters. The molecule has 0 aliphatic carbocycles. The van der Waals surface area contributed by atoms with Crippen LogP contribution in [0.15, 0.2) is 28.7 Å². The first-order chi connectivity index (χ1) is 9.37. The number of rotatable bonds is 3. The smallest absolute Gasteiger partial charge is 0.0178 e. The van der Waals surface area contributed by atoms with Crippen molar-refractivity contribution in [2.75, 3.05) is 26.7 Å². The molecule has 2 nitrogen and oxygen atoms in total. The normalized spacial score (nSPS) is 20.1. The van der Waals surface area contributed by atoms with Crippen LogP contribution >= 0.6 is 15.9 Å². The summed E-state index contributed by atoms with van der Waals surface area (Å²) in [6, 6.07) is 8.85. The first kappa shape index (κ1) is 16.0.